The predicted molar refractivity (Wildman–Crippen MR) is 66.7 cm³/mol. The maximum atomic E-state index is 11.8. The summed E-state index contributed by atoms with van der Waals surface area (Å²) in [5.41, 5.74) is -0.188. The van der Waals surface area contributed by atoms with Crippen LogP contribution >= 0.6 is 11.8 Å². The van der Waals surface area contributed by atoms with E-state index in [1.54, 1.807) is 6.92 Å². The Morgan fingerprint density at radius 3 is 2.67 bits per heavy atom. The summed E-state index contributed by atoms with van der Waals surface area (Å²) in [5, 5.41) is 18.2. The van der Waals surface area contributed by atoms with Gasteiger partial charge in [0.2, 0.25) is 5.91 Å². The van der Waals surface area contributed by atoms with E-state index >= 15 is 0 Å². The molecule has 2 aliphatic rings. The van der Waals surface area contributed by atoms with Crippen LogP contribution in [0.15, 0.2) is 9.93 Å². The van der Waals surface area contributed by atoms with Crippen LogP contribution in [0.4, 0.5) is 0 Å². The first-order valence-electron chi connectivity index (χ1n) is 5.43. The number of aliphatic hydroxyl groups is 1. The average Bonchev–Trinajstić information content (AvgIpc) is 2.62. The van der Waals surface area contributed by atoms with Crippen molar-refractivity contribution < 1.29 is 24.0 Å². The van der Waals surface area contributed by atoms with Gasteiger partial charge in [0.25, 0.3) is 0 Å². The van der Waals surface area contributed by atoms with Crippen LogP contribution in [0.2, 0.25) is 0 Å². The number of carboxylic acid groups (broad SMARTS) is 1. The lowest BCUT2D eigenvalue weighted by Crippen LogP contribution is -2.60. The number of hydrogen-bond donors (Lipinski definition) is 2. The van der Waals surface area contributed by atoms with Gasteiger partial charge >= 0.3 is 5.97 Å². The summed E-state index contributed by atoms with van der Waals surface area (Å²) < 4.78 is 12.0. The number of thioether (sulfide) groups is 1. The molecule has 1 fully saturated rings. The van der Waals surface area contributed by atoms with Crippen molar-refractivity contribution in [3.05, 3.63) is 9.93 Å². The summed E-state index contributed by atoms with van der Waals surface area (Å²) in [6.45, 7) is 3.18. The van der Waals surface area contributed by atoms with Gasteiger partial charge in [0.15, 0.2) is 5.70 Å². The Labute approximate surface area is 110 Å². The second-order valence-electron chi connectivity index (χ2n) is 4.06. The summed E-state index contributed by atoms with van der Waals surface area (Å²) in [5.74, 6) is -1.98. The number of nitrogens with zero attached hydrogens (tertiary/aromatic N) is 1. The number of carbonyl (C=O) groups is 2. The second kappa shape index (κ2) is 4.67. The van der Waals surface area contributed by atoms with Crippen LogP contribution in [0.5, 0.6) is 0 Å². The molecule has 2 heterocycles. The molecule has 3 unspecified atom stereocenters. The van der Waals surface area contributed by atoms with Gasteiger partial charge in [-0.25, -0.2) is 4.79 Å². The number of aliphatic carboxylic acids is 1. The molecular formula is C10H13NO5S2. The van der Waals surface area contributed by atoms with Gasteiger partial charge in [-0.3, -0.25) is 13.9 Å². The van der Waals surface area contributed by atoms with Gasteiger partial charge in [-0.15, -0.1) is 0 Å². The van der Waals surface area contributed by atoms with Crippen LogP contribution in [-0.4, -0.2) is 48.4 Å². The lowest BCUT2D eigenvalue weighted by Gasteiger charge is -2.43. The number of amides is 1. The number of carbonyl (C=O) groups excluding carboxylic acids is 1. The molecule has 0 aromatic rings. The summed E-state index contributed by atoms with van der Waals surface area (Å²) in [6.07, 6.45) is -0.837. The van der Waals surface area contributed by atoms with E-state index in [1.807, 2.05) is 0 Å². The highest BCUT2D eigenvalue weighted by molar-refractivity contribution is 8.17. The van der Waals surface area contributed by atoms with E-state index in [0.717, 1.165) is 16.7 Å². The van der Waals surface area contributed by atoms with E-state index in [0.29, 0.717) is 5.75 Å². The van der Waals surface area contributed by atoms with Crippen molar-refractivity contribution in [2.45, 2.75) is 25.3 Å². The van der Waals surface area contributed by atoms with Crippen molar-refractivity contribution in [1.29, 1.82) is 0 Å². The smallest absolute Gasteiger partial charge is 0.354 e. The lowest BCUT2D eigenvalue weighted by molar-refractivity contribution is -0.156. The SMILES string of the molecule is CCS(=O)C1=C(C(=O)O)N2C(=O)C(C(C)O)[C@H]2S1. The first kappa shape index (κ1) is 13.6. The topological polar surface area (TPSA) is 94.9 Å². The highest BCUT2D eigenvalue weighted by atomic mass is 32.2. The number of fused-ring (bicyclic) bond motifs is 1. The Morgan fingerprint density at radius 1 is 1.61 bits per heavy atom. The maximum absolute atomic E-state index is 11.8. The molecule has 0 aromatic heterocycles. The van der Waals surface area contributed by atoms with Gasteiger partial charge in [0.1, 0.15) is 9.61 Å². The number of rotatable bonds is 4. The van der Waals surface area contributed by atoms with Gasteiger partial charge in [-0.05, 0) is 6.92 Å². The molecular weight excluding hydrogens is 278 g/mol. The van der Waals surface area contributed by atoms with Crippen LogP contribution in [0, 0.1) is 5.92 Å². The quantitative estimate of drug-likeness (QED) is 0.704. The minimum atomic E-state index is -1.41. The minimum absolute atomic E-state index is 0.188. The number of hydrogen-bond acceptors (Lipinski definition) is 5. The number of aliphatic hydroxyl groups excluding tert-OH is 1. The van der Waals surface area contributed by atoms with Gasteiger partial charge < -0.3 is 10.2 Å². The molecule has 2 rings (SSSR count). The summed E-state index contributed by atoms with van der Waals surface area (Å²) in [6, 6.07) is 0. The fraction of sp³-hybridized carbons (Fsp3) is 0.600. The van der Waals surface area contributed by atoms with E-state index in [2.05, 4.69) is 0 Å². The third-order valence-corrected chi connectivity index (χ3v) is 6.07. The van der Waals surface area contributed by atoms with Gasteiger partial charge in [0, 0.05) is 5.75 Å². The predicted octanol–water partition coefficient (Wildman–Crippen LogP) is -0.0792. The van der Waals surface area contributed by atoms with E-state index in [9.17, 15) is 18.9 Å². The van der Waals surface area contributed by atoms with E-state index in [4.69, 9.17) is 5.11 Å². The van der Waals surface area contributed by atoms with Crippen molar-refractivity contribution in [2.24, 2.45) is 5.92 Å². The van der Waals surface area contributed by atoms with Crippen LogP contribution in [0.1, 0.15) is 13.8 Å². The zero-order valence-corrected chi connectivity index (χ0v) is 11.5. The first-order valence-corrected chi connectivity index (χ1v) is 7.63. The molecule has 0 saturated carbocycles. The monoisotopic (exact) mass is 291 g/mol. The Balaban J connectivity index is 2.36. The molecule has 100 valence electrons. The molecule has 0 aromatic carbocycles. The van der Waals surface area contributed by atoms with E-state index in [1.165, 1.54) is 6.92 Å². The van der Waals surface area contributed by atoms with Gasteiger partial charge in [0.05, 0.1) is 22.8 Å². The summed E-state index contributed by atoms with van der Waals surface area (Å²) in [7, 11) is -1.41. The fourth-order valence-corrected chi connectivity index (χ4v) is 5.11. The van der Waals surface area contributed by atoms with Crippen molar-refractivity contribution in [3.8, 4) is 0 Å². The largest absolute Gasteiger partial charge is 0.477 e. The van der Waals surface area contributed by atoms with E-state index in [-0.39, 0.29) is 9.93 Å². The maximum Gasteiger partial charge on any atom is 0.354 e. The van der Waals surface area contributed by atoms with Crippen molar-refractivity contribution in [3.63, 3.8) is 0 Å². The Bertz CT molecular complexity index is 473. The number of β-lactam (4-membered cyclic amide) rings is 1. The molecule has 2 N–H and O–H groups in total. The zero-order chi connectivity index (χ0) is 13.6. The Kier molecular flexibility index (Phi) is 3.52. The Hall–Kier alpha value is -0.860. The molecule has 1 saturated heterocycles. The zero-order valence-electron chi connectivity index (χ0n) is 9.82. The lowest BCUT2D eigenvalue weighted by atomic mass is 9.92. The number of carboxylic acids is 1. The third-order valence-electron chi connectivity index (χ3n) is 2.94. The molecule has 2 aliphatic heterocycles. The Morgan fingerprint density at radius 2 is 2.22 bits per heavy atom. The molecule has 8 heteroatoms. The van der Waals surface area contributed by atoms with Crippen LogP contribution in [-0.2, 0) is 20.4 Å². The molecule has 0 radical (unpaired) electrons. The molecule has 18 heavy (non-hydrogen) atoms. The van der Waals surface area contributed by atoms with E-state index < -0.39 is 40.1 Å². The third kappa shape index (κ3) is 1.79. The molecule has 6 nitrogen and oxygen atoms in total. The second-order valence-corrected chi connectivity index (χ2v) is 7.12. The van der Waals surface area contributed by atoms with Gasteiger partial charge in [-0.1, -0.05) is 18.7 Å². The minimum Gasteiger partial charge on any atom is -0.477 e. The standard InChI is InChI=1S/C10H13NO5S2/c1-3-18(16)10-6(9(14)15)11-7(13)5(4(2)12)8(11)17-10/h4-5,8,12H,3H2,1-2H3,(H,14,15)/t4?,5?,8-,18?/m1/s1. The highest BCUT2D eigenvalue weighted by Gasteiger charge is 2.58. The first-order chi connectivity index (χ1) is 8.40. The molecule has 0 bridgehead atoms. The van der Waals surface area contributed by atoms with Crippen molar-refractivity contribution in [2.75, 3.05) is 5.75 Å². The van der Waals surface area contributed by atoms with Crippen molar-refractivity contribution in [1.82, 2.24) is 4.90 Å². The molecule has 1 amide bonds. The molecule has 0 spiro atoms. The van der Waals surface area contributed by atoms with Crippen LogP contribution in [0.25, 0.3) is 0 Å². The fourth-order valence-electron chi connectivity index (χ4n) is 2.04. The molecule has 0 aliphatic carbocycles. The summed E-state index contributed by atoms with van der Waals surface area (Å²) in [4.78, 5) is 24.1. The average molecular weight is 291 g/mol. The van der Waals surface area contributed by atoms with Crippen LogP contribution in [0.3, 0.4) is 0 Å². The highest BCUT2D eigenvalue weighted by Crippen LogP contribution is 2.51. The van der Waals surface area contributed by atoms with Crippen molar-refractivity contribution >= 4 is 34.4 Å². The normalized spacial score (nSPS) is 29.9. The summed E-state index contributed by atoms with van der Waals surface area (Å²) >= 11 is 1.11. The molecule has 4 atom stereocenters. The van der Waals surface area contributed by atoms with Crippen LogP contribution < -0.4 is 0 Å². The van der Waals surface area contributed by atoms with Gasteiger partial charge in [-0.2, -0.15) is 0 Å².